The average Bonchev–Trinajstić information content (AvgIpc) is 3.69. The molecule has 400 valence electrons. The van der Waals surface area contributed by atoms with Gasteiger partial charge in [-0.1, -0.05) is 142 Å². The quantitative estimate of drug-likeness (QED) is 0.0250. The Morgan fingerprint density at radius 1 is 0.507 bits per heavy atom. The first kappa shape index (κ1) is 63.8. The van der Waals surface area contributed by atoms with E-state index >= 15 is 0 Å². The van der Waals surface area contributed by atoms with Crippen LogP contribution in [0.15, 0.2) is 24.3 Å². The highest BCUT2D eigenvalue weighted by molar-refractivity contribution is 5.71. The molecule has 4 atom stereocenters. The standard InChI is InChI=1S/C58H103NO10/c1-7-11-15-16-17-18-19-20-21-22-23-24-25-26-27-31-36-51(48-67-58(64)45-50-42-43-53(52(50)37-28-12-8-2)69-57(63)41-34-44-59(5)6)68-56(62)40-33-32-35-49(46-65-54(60)38-29-13-9-3)47-66-55(61)39-30-14-10-4/h17-18,20-21,49-53H,7-16,19,22-48H2,1-6H3/b18-17-,21-20-. The van der Waals surface area contributed by atoms with Crippen molar-refractivity contribution in [2.24, 2.45) is 17.8 Å². The van der Waals surface area contributed by atoms with E-state index in [0.29, 0.717) is 44.9 Å². The van der Waals surface area contributed by atoms with Crippen molar-refractivity contribution in [3.8, 4) is 0 Å². The van der Waals surface area contributed by atoms with Crippen LogP contribution in [0.1, 0.15) is 246 Å². The summed E-state index contributed by atoms with van der Waals surface area (Å²) in [4.78, 5) is 66.4. The van der Waals surface area contributed by atoms with Gasteiger partial charge in [-0.25, -0.2) is 0 Å². The fourth-order valence-electron chi connectivity index (χ4n) is 9.09. The SMILES string of the molecule is CCCCC/C=C\C/C=C\CCCCCCCCC(COC(=O)CC1CCC(OC(=O)CCCN(C)C)C1CCCCC)OC(=O)CCCCC(COC(=O)CCCCC)COC(=O)CCCCC. The number of allylic oxidation sites excluding steroid dienone is 4. The van der Waals surface area contributed by atoms with Gasteiger partial charge in [0.05, 0.1) is 13.2 Å². The zero-order valence-corrected chi connectivity index (χ0v) is 45.1. The van der Waals surface area contributed by atoms with E-state index in [1.54, 1.807) is 0 Å². The van der Waals surface area contributed by atoms with Crippen LogP contribution in [-0.4, -0.2) is 87.4 Å². The van der Waals surface area contributed by atoms with Crippen molar-refractivity contribution in [2.75, 3.05) is 40.5 Å². The van der Waals surface area contributed by atoms with Gasteiger partial charge in [0.2, 0.25) is 0 Å². The molecule has 0 N–H and O–H groups in total. The molecule has 0 aliphatic heterocycles. The molecule has 0 amide bonds. The monoisotopic (exact) mass is 974 g/mol. The highest BCUT2D eigenvalue weighted by atomic mass is 16.6. The van der Waals surface area contributed by atoms with Gasteiger partial charge in [-0.05, 0) is 129 Å². The lowest BCUT2D eigenvalue weighted by molar-refractivity contribution is -0.160. The van der Waals surface area contributed by atoms with Gasteiger partial charge in [0, 0.05) is 38.0 Å². The van der Waals surface area contributed by atoms with Crippen molar-refractivity contribution in [2.45, 2.75) is 258 Å². The van der Waals surface area contributed by atoms with Gasteiger partial charge in [-0.2, -0.15) is 0 Å². The van der Waals surface area contributed by atoms with E-state index in [1.807, 2.05) is 14.1 Å². The predicted octanol–water partition coefficient (Wildman–Crippen LogP) is 14.3. The van der Waals surface area contributed by atoms with Crippen molar-refractivity contribution in [3.63, 3.8) is 0 Å². The van der Waals surface area contributed by atoms with Crippen molar-refractivity contribution < 1.29 is 47.7 Å². The molecule has 0 aromatic rings. The lowest BCUT2D eigenvalue weighted by Crippen LogP contribution is -2.28. The number of nitrogens with zero attached hydrogens (tertiary/aromatic N) is 1. The second-order valence-electron chi connectivity index (χ2n) is 20.2. The minimum absolute atomic E-state index is 0.0255. The molecule has 0 heterocycles. The summed E-state index contributed by atoms with van der Waals surface area (Å²) in [6, 6.07) is 0. The maximum atomic E-state index is 13.5. The summed E-state index contributed by atoms with van der Waals surface area (Å²) in [5, 5.41) is 0. The zero-order valence-electron chi connectivity index (χ0n) is 45.1. The lowest BCUT2D eigenvalue weighted by Gasteiger charge is -2.25. The van der Waals surface area contributed by atoms with Gasteiger partial charge < -0.3 is 28.6 Å². The molecule has 0 aromatic carbocycles. The van der Waals surface area contributed by atoms with Crippen LogP contribution in [0.2, 0.25) is 0 Å². The van der Waals surface area contributed by atoms with Gasteiger partial charge in [-0.15, -0.1) is 0 Å². The van der Waals surface area contributed by atoms with Gasteiger partial charge in [-0.3, -0.25) is 24.0 Å². The summed E-state index contributed by atoms with van der Waals surface area (Å²) in [6.45, 7) is 9.82. The largest absolute Gasteiger partial charge is 0.465 e. The first-order valence-corrected chi connectivity index (χ1v) is 28.3. The number of carbonyl (C=O) groups is 5. The Morgan fingerprint density at radius 2 is 1.01 bits per heavy atom. The average molecular weight is 974 g/mol. The zero-order chi connectivity index (χ0) is 50.6. The number of hydrogen-bond donors (Lipinski definition) is 0. The highest BCUT2D eigenvalue weighted by Gasteiger charge is 2.39. The summed E-state index contributed by atoms with van der Waals surface area (Å²) >= 11 is 0. The smallest absolute Gasteiger partial charge is 0.306 e. The molecule has 1 aliphatic carbocycles. The Labute approximate surface area is 421 Å². The number of hydrogen-bond acceptors (Lipinski definition) is 11. The van der Waals surface area contributed by atoms with Gasteiger partial charge >= 0.3 is 29.8 Å². The molecule has 1 rings (SSSR count). The topological polar surface area (TPSA) is 135 Å². The van der Waals surface area contributed by atoms with Crippen LogP contribution in [0.25, 0.3) is 0 Å². The molecule has 0 saturated heterocycles. The first-order valence-electron chi connectivity index (χ1n) is 28.3. The van der Waals surface area contributed by atoms with Crippen LogP contribution in [0.3, 0.4) is 0 Å². The van der Waals surface area contributed by atoms with Crippen molar-refractivity contribution in [3.05, 3.63) is 24.3 Å². The maximum Gasteiger partial charge on any atom is 0.306 e. The molecule has 0 spiro atoms. The molecule has 69 heavy (non-hydrogen) atoms. The minimum Gasteiger partial charge on any atom is -0.465 e. The van der Waals surface area contributed by atoms with E-state index in [9.17, 15) is 24.0 Å². The van der Waals surface area contributed by atoms with E-state index in [2.05, 4.69) is 56.9 Å². The number of ether oxygens (including phenoxy) is 5. The second kappa shape index (κ2) is 44.7. The summed E-state index contributed by atoms with van der Waals surface area (Å²) in [6.07, 6.45) is 38.3. The third-order valence-electron chi connectivity index (χ3n) is 13.4. The molecule has 0 aromatic heterocycles. The van der Waals surface area contributed by atoms with Gasteiger partial charge in [0.25, 0.3) is 0 Å². The third kappa shape index (κ3) is 37.3. The molecule has 0 radical (unpaired) electrons. The van der Waals surface area contributed by atoms with Crippen molar-refractivity contribution in [1.82, 2.24) is 4.90 Å². The highest BCUT2D eigenvalue weighted by Crippen LogP contribution is 2.40. The van der Waals surface area contributed by atoms with E-state index < -0.39 is 6.10 Å². The van der Waals surface area contributed by atoms with Gasteiger partial charge in [0.15, 0.2) is 0 Å². The number of rotatable bonds is 46. The maximum absolute atomic E-state index is 13.5. The fourth-order valence-corrected chi connectivity index (χ4v) is 9.09. The van der Waals surface area contributed by atoms with Crippen LogP contribution < -0.4 is 0 Å². The summed E-state index contributed by atoms with van der Waals surface area (Å²) in [5.41, 5.74) is 0. The molecular formula is C58H103NO10. The van der Waals surface area contributed by atoms with Crippen LogP contribution in [0.4, 0.5) is 0 Å². The Balaban J connectivity index is 2.80. The van der Waals surface area contributed by atoms with E-state index in [1.165, 1.54) is 38.5 Å². The predicted molar refractivity (Wildman–Crippen MR) is 280 cm³/mol. The molecular weight excluding hydrogens is 871 g/mol. The number of unbranched alkanes of at least 4 members (excludes halogenated alkanes) is 16. The third-order valence-corrected chi connectivity index (χ3v) is 13.4. The van der Waals surface area contributed by atoms with Crippen molar-refractivity contribution >= 4 is 29.8 Å². The van der Waals surface area contributed by atoms with Crippen LogP contribution in [0.5, 0.6) is 0 Å². The first-order chi connectivity index (χ1) is 33.5. The molecule has 11 nitrogen and oxygen atoms in total. The van der Waals surface area contributed by atoms with Crippen LogP contribution >= 0.6 is 0 Å². The second-order valence-corrected chi connectivity index (χ2v) is 20.2. The number of esters is 5. The molecule has 1 aliphatic rings. The van der Waals surface area contributed by atoms with Crippen LogP contribution in [-0.2, 0) is 47.7 Å². The minimum atomic E-state index is -0.529. The molecule has 1 fully saturated rings. The Hall–Kier alpha value is -3.21. The fraction of sp³-hybridized carbons (Fsp3) is 0.845. The Kier molecular flexibility index (Phi) is 41.3. The normalized spacial score (nSPS) is 16.4. The van der Waals surface area contributed by atoms with E-state index in [0.717, 1.165) is 129 Å². The van der Waals surface area contributed by atoms with Crippen molar-refractivity contribution in [1.29, 1.82) is 0 Å². The van der Waals surface area contributed by atoms with Crippen LogP contribution in [0, 0.1) is 17.8 Å². The molecule has 11 heteroatoms. The summed E-state index contributed by atoms with van der Waals surface area (Å²) in [5.74, 6) is -1.17. The Bertz CT molecular complexity index is 1340. The summed E-state index contributed by atoms with van der Waals surface area (Å²) in [7, 11) is 4.00. The number of carbonyl (C=O) groups excluding carboxylic acids is 5. The van der Waals surface area contributed by atoms with Gasteiger partial charge in [0.1, 0.15) is 18.8 Å². The molecule has 4 unspecified atom stereocenters. The summed E-state index contributed by atoms with van der Waals surface area (Å²) < 4.78 is 29.1. The Morgan fingerprint density at radius 3 is 1.64 bits per heavy atom. The van der Waals surface area contributed by atoms with E-state index in [4.69, 9.17) is 23.7 Å². The van der Waals surface area contributed by atoms with E-state index in [-0.39, 0.29) is 86.4 Å². The molecule has 0 bridgehead atoms. The molecule has 1 saturated carbocycles. The lowest BCUT2D eigenvalue weighted by atomic mass is 9.87.